The zero-order valence-corrected chi connectivity index (χ0v) is 21.6. The smallest absolute Gasteiger partial charge is 0.407 e. The molecule has 200 valence electrons. The molecule has 4 aromatic rings. The highest BCUT2D eigenvalue weighted by Gasteiger charge is 2.33. The molecule has 4 aromatic carbocycles. The predicted octanol–water partition coefficient (Wildman–Crippen LogP) is 5.92. The summed E-state index contributed by atoms with van der Waals surface area (Å²) in [5.74, 6) is 1.10. The first-order chi connectivity index (χ1) is 19.0. The molecular formula is C32H31NO6. The maximum atomic E-state index is 12.2. The van der Waals surface area contributed by atoms with Gasteiger partial charge in [-0.15, -0.1) is 0 Å². The summed E-state index contributed by atoms with van der Waals surface area (Å²) < 4.78 is 17.5. The number of piperidine rings is 1. The Morgan fingerprint density at radius 1 is 0.795 bits per heavy atom. The second-order valence-electron chi connectivity index (χ2n) is 9.65. The first-order valence-corrected chi connectivity index (χ1v) is 13.0. The fraction of sp³-hybridized carbons (Fsp3) is 0.250. The standard InChI is InChI=1S/C32H31NO6/c34-27(21-37-28-8-2-1-3-9-28)22-38-29-14-12-25(13-15-29)30-16-17-33(32(35)36)19-31(30)39-20-23-10-11-24-6-4-5-7-26(24)18-23/h1-15,18,30-31H,16-17,19-22H2,(H,35,36). The molecule has 7 heteroatoms. The molecule has 7 nitrogen and oxygen atoms in total. The van der Waals surface area contributed by atoms with Crippen molar-refractivity contribution in [1.82, 2.24) is 4.90 Å². The molecule has 1 fully saturated rings. The van der Waals surface area contributed by atoms with E-state index in [1.54, 1.807) is 12.1 Å². The summed E-state index contributed by atoms with van der Waals surface area (Å²) in [4.78, 5) is 25.3. The summed E-state index contributed by atoms with van der Waals surface area (Å²) in [7, 11) is 0. The van der Waals surface area contributed by atoms with E-state index in [1.807, 2.05) is 60.7 Å². The van der Waals surface area contributed by atoms with Gasteiger partial charge in [-0.25, -0.2) is 4.79 Å². The van der Waals surface area contributed by atoms with Crippen LogP contribution in [0.5, 0.6) is 11.5 Å². The number of ether oxygens (including phenoxy) is 3. The van der Waals surface area contributed by atoms with E-state index in [1.165, 1.54) is 10.3 Å². The molecule has 1 aliphatic rings. The normalized spacial score (nSPS) is 17.1. The van der Waals surface area contributed by atoms with E-state index in [2.05, 4.69) is 24.3 Å². The molecule has 5 rings (SSSR count). The molecule has 1 amide bonds. The minimum Gasteiger partial charge on any atom is -0.486 e. The quantitative estimate of drug-likeness (QED) is 0.277. The SMILES string of the molecule is O=C(COc1ccccc1)COc1ccc(C2CCN(C(=O)O)CC2OCc2ccc3ccccc3c2)cc1. The third-order valence-electron chi connectivity index (χ3n) is 6.96. The van der Waals surface area contributed by atoms with Crippen molar-refractivity contribution >= 4 is 22.6 Å². The Morgan fingerprint density at radius 3 is 2.18 bits per heavy atom. The van der Waals surface area contributed by atoms with Gasteiger partial charge >= 0.3 is 6.09 Å². The maximum Gasteiger partial charge on any atom is 0.407 e. The average molecular weight is 526 g/mol. The summed E-state index contributed by atoms with van der Waals surface area (Å²) in [6.45, 7) is 1.01. The highest BCUT2D eigenvalue weighted by molar-refractivity contribution is 5.83. The molecule has 2 unspecified atom stereocenters. The molecule has 1 saturated heterocycles. The highest BCUT2D eigenvalue weighted by atomic mass is 16.5. The number of hydrogen-bond acceptors (Lipinski definition) is 5. The van der Waals surface area contributed by atoms with Gasteiger partial charge < -0.3 is 24.2 Å². The van der Waals surface area contributed by atoms with E-state index in [0.717, 1.165) is 16.5 Å². The number of carbonyl (C=O) groups is 2. The Bertz CT molecular complexity index is 1410. The number of amides is 1. The van der Waals surface area contributed by atoms with Gasteiger partial charge in [0, 0.05) is 12.5 Å². The number of para-hydroxylation sites is 1. The molecular weight excluding hydrogens is 494 g/mol. The van der Waals surface area contributed by atoms with E-state index >= 15 is 0 Å². The molecule has 0 aliphatic carbocycles. The topological polar surface area (TPSA) is 85.3 Å². The van der Waals surface area contributed by atoms with Crippen LogP contribution in [0.2, 0.25) is 0 Å². The minimum absolute atomic E-state index is 0.0380. The lowest BCUT2D eigenvalue weighted by molar-refractivity contribution is -0.123. The second kappa shape index (κ2) is 12.5. The molecule has 0 radical (unpaired) electrons. The minimum atomic E-state index is -0.933. The van der Waals surface area contributed by atoms with Crippen LogP contribution in [0.15, 0.2) is 97.1 Å². The molecule has 1 aliphatic heterocycles. The molecule has 0 spiro atoms. The molecule has 0 bridgehead atoms. The zero-order chi connectivity index (χ0) is 27.0. The lowest BCUT2D eigenvalue weighted by Gasteiger charge is -2.37. The van der Waals surface area contributed by atoms with E-state index < -0.39 is 6.09 Å². The number of rotatable bonds is 10. The van der Waals surface area contributed by atoms with Gasteiger partial charge in [-0.3, -0.25) is 4.79 Å². The first-order valence-electron chi connectivity index (χ1n) is 13.0. The number of hydrogen-bond donors (Lipinski definition) is 1. The van der Waals surface area contributed by atoms with E-state index in [-0.39, 0.29) is 31.0 Å². The van der Waals surface area contributed by atoms with Crippen molar-refractivity contribution < 1.29 is 28.9 Å². The van der Waals surface area contributed by atoms with Crippen LogP contribution in [0.4, 0.5) is 4.79 Å². The van der Waals surface area contributed by atoms with Gasteiger partial charge in [0.25, 0.3) is 0 Å². The first kappa shape index (κ1) is 26.3. The molecule has 0 saturated carbocycles. The van der Waals surface area contributed by atoms with Gasteiger partial charge in [-0.05, 0) is 58.7 Å². The summed E-state index contributed by atoms with van der Waals surface area (Å²) >= 11 is 0. The van der Waals surface area contributed by atoms with Crippen LogP contribution in [0, 0.1) is 0 Å². The van der Waals surface area contributed by atoms with Gasteiger partial charge in [0.15, 0.2) is 0 Å². The monoisotopic (exact) mass is 525 g/mol. The molecule has 39 heavy (non-hydrogen) atoms. The third kappa shape index (κ3) is 6.94. The van der Waals surface area contributed by atoms with Crippen LogP contribution in [0.25, 0.3) is 10.8 Å². The summed E-state index contributed by atoms with van der Waals surface area (Å²) in [5.41, 5.74) is 2.10. The van der Waals surface area contributed by atoms with Gasteiger partial charge in [-0.2, -0.15) is 0 Å². The number of likely N-dealkylation sites (tertiary alicyclic amines) is 1. The number of nitrogens with zero attached hydrogens (tertiary/aromatic N) is 1. The fourth-order valence-electron chi connectivity index (χ4n) is 4.87. The molecule has 2 atom stereocenters. The van der Waals surface area contributed by atoms with E-state index in [9.17, 15) is 14.7 Å². The molecule has 1 heterocycles. The van der Waals surface area contributed by atoms with E-state index in [0.29, 0.717) is 37.6 Å². The Morgan fingerprint density at radius 2 is 1.46 bits per heavy atom. The van der Waals surface area contributed by atoms with Gasteiger partial charge in [0.2, 0.25) is 5.78 Å². The second-order valence-corrected chi connectivity index (χ2v) is 9.65. The number of benzene rings is 4. The number of carbonyl (C=O) groups excluding carboxylic acids is 1. The molecule has 1 N–H and O–H groups in total. The van der Waals surface area contributed by atoms with Crippen molar-refractivity contribution in [2.24, 2.45) is 0 Å². The fourth-order valence-corrected chi connectivity index (χ4v) is 4.87. The van der Waals surface area contributed by atoms with Crippen LogP contribution < -0.4 is 9.47 Å². The van der Waals surface area contributed by atoms with Crippen molar-refractivity contribution in [2.45, 2.75) is 25.0 Å². The van der Waals surface area contributed by atoms with Crippen LogP contribution >= 0.6 is 0 Å². The summed E-state index contributed by atoms with van der Waals surface area (Å²) in [6.07, 6.45) is -0.563. The van der Waals surface area contributed by atoms with Crippen LogP contribution in [0.3, 0.4) is 0 Å². The van der Waals surface area contributed by atoms with E-state index in [4.69, 9.17) is 14.2 Å². The lowest BCUT2D eigenvalue weighted by atomic mass is 9.87. The van der Waals surface area contributed by atoms with Crippen molar-refractivity contribution in [2.75, 3.05) is 26.3 Å². The molecule has 0 aromatic heterocycles. The lowest BCUT2D eigenvalue weighted by Crippen LogP contribution is -2.46. The van der Waals surface area contributed by atoms with Crippen LogP contribution in [-0.4, -0.2) is 54.3 Å². The van der Waals surface area contributed by atoms with Crippen molar-refractivity contribution in [3.63, 3.8) is 0 Å². The Labute approximate surface area is 227 Å². The third-order valence-corrected chi connectivity index (χ3v) is 6.96. The Balaban J connectivity index is 1.19. The summed E-state index contributed by atoms with van der Waals surface area (Å²) in [6, 6.07) is 31.2. The number of carboxylic acid groups (broad SMARTS) is 1. The maximum absolute atomic E-state index is 12.2. The number of fused-ring (bicyclic) bond motifs is 1. The van der Waals surface area contributed by atoms with Gasteiger partial charge in [-0.1, -0.05) is 66.7 Å². The average Bonchev–Trinajstić information content (AvgIpc) is 2.98. The predicted molar refractivity (Wildman–Crippen MR) is 148 cm³/mol. The zero-order valence-electron chi connectivity index (χ0n) is 21.6. The van der Waals surface area contributed by atoms with Crippen molar-refractivity contribution in [3.8, 4) is 11.5 Å². The van der Waals surface area contributed by atoms with Crippen molar-refractivity contribution in [3.05, 3.63) is 108 Å². The number of ketones is 1. The highest BCUT2D eigenvalue weighted by Crippen LogP contribution is 2.32. The van der Waals surface area contributed by atoms with Crippen LogP contribution in [0.1, 0.15) is 23.5 Å². The largest absolute Gasteiger partial charge is 0.486 e. The van der Waals surface area contributed by atoms with Gasteiger partial charge in [0.05, 0.1) is 19.3 Å². The summed E-state index contributed by atoms with van der Waals surface area (Å²) in [5, 5.41) is 11.9. The van der Waals surface area contributed by atoms with Gasteiger partial charge in [0.1, 0.15) is 24.7 Å². The Kier molecular flexibility index (Phi) is 8.39. The number of Topliss-reactive ketones (excluding diaryl/α,β-unsaturated/α-hetero) is 1. The van der Waals surface area contributed by atoms with Crippen LogP contribution in [-0.2, 0) is 16.1 Å². The van der Waals surface area contributed by atoms with Crippen molar-refractivity contribution in [1.29, 1.82) is 0 Å². The Hall–Kier alpha value is -4.36.